The highest BCUT2D eigenvalue weighted by atomic mass is 16.5. The summed E-state index contributed by atoms with van der Waals surface area (Å²) in [6, 6.07) is 12.1. The van der Waals surface area contributed by atoms with Crippen molar-refractivity contribution in [2.24, 2.45) is 39.6 Å². The van der Waals surface area contributed by atoms with Gasteiger partial charge in [0.15, 0.2) is 0 Å². The van der Waals surface area contributed by atoms with Crippen LogP contribution in [-0.4, -0.2) is 23.4 Å². The monoisotopic (exact) mass is 394 g/mol. The topological polar surface area (TPSA) is 114 Å². The van der Waals surface area contributed by atoms with Crippen LogP contribution in [0.5, 0.6) is 0 Å². The van der Waals surface area contributed by atoms with Crippen LogP contribution in [0.25, 0.3) is 0 Å². The third-order valence-electron chi connectivity index (χ3n) is 7.39. The Hall–Kier alpha value is -2.39. The van der Waals surface area contributed by atoms with Crippen LogP contribution in [-0.2, 0) is 16.1 Å². The first-order chi connectivity index (χ1) is 13.8. The molecule has 1 amide bonds. The fourth-order valence-electron chi connectivity index (χ4n) is 5.99. The van der Waals surface area contributed by atoms with Crippen molar-refractivity contribution < 1.29 is 9.53 Å². The highest BCUT2D eigenvalue weighted by Crippen LogP contribution is 2.60. The summed E-state index contributed by atoms with van der Waals surface area (Å²) in [6.45, 7) is 2.22. The number of benzene rings is 1. The maximum absolute atomic E-state index is 12.2. The van der Waals surface area contributed by atoms with Gasteiger partial charge in [-0.1, -0.05) is 30.3 Å². The number of ether oxygens (including phenoxy) is 1. The van der Waals surface area contributed by atoms with Crippen molar-refractivity contribution in [1.82, 2.24) is 0 Å². The van der Waals surface area contributed by atoms with E-state index in [2.05, 4.69) is 6.07 Å². The molecule has 4 fully saturated rings. The molecule has 29 heavy (non-hydrogen) atoms. The Morgan fingerprint density at radius 3 is 2.48 bits per heavy atom. The third-order valence-corrected chi connectivity index (χ3v) is 7.39. The Morgan fingerprint density at radius 1 is 1.24 bits per heavy atom. The van der Waals surface area contributed by atoms with Gasteiger partial charge in [-0.3, -0.25) is 9.79 Å². The van der Waals surface area contributed by atoms with Gasteiger partial charge < -0.3 is 16.2 Å². The molecular weight excluding hydrogens is 364 g/mol. The molecule has 1 aromatic rings. The van der Waals surface area contributed by atoms with Gasteiger partial charge in [0.1, 0.15) is 11.4 Å². The molecule has 4 bridgehead atoms. The van der Waals surface area contributed by atoms with Crippen molar-refractivity contribution in [1.29, 1.82) is 5.26 Å². The minimum absolute atomic E-state index is 0.0948. The van der Waals surface area contributed by atoms with E-state index in [1.807, 2.05) is 37.3 Å². The summed E-state index contributed by atoms with van der Waals surface area (Å²) in [7, 11) is 0. The summed E-state index contributed by atoms with van der Waals surface area (Å²) in [5.41, 5.74) is 12.0. The quantitative estimate of drug-likeness (QED) is 0.546. The number of hydrogen-bond acceptors (Lipinski definition) is 4. The average Bonchev–Trinajstić information content (AvgIpc) is 2.69. The summed E-state index contributed by atoms with van der Waals surface area (Å²) < 4.78 is 6.12. The molecule has 0 heterocycles. The molecule has 1 aromatic carbocycles. The highest BCUT2D eigenvalue weighted by molar-refractivity contribution is 5.89. The van der Waals surface area contributed by atoms with Crippen LogP contribution in [0.4, 0.5) is 0 Å². The lowest BCUT2D eigenvalue weighted by atomic mass is 9.48. The van der Waals surface area contributed by atoms with E-state index in [1.54, 1.807) is 0 Å². The van der Waals surface area contributed by atoms with Crippen molar-refractivity contribution in [2.75, 3.05) is 0 Å². The van der Waals surface area contributed by atoms with Crippen molar-refractivity contribution in [3.63, 3.8) is 0 Å². The fraction of sp³-hybridized carbons (Fsp3) is 0.609. The fourth-order valence-corrected chi connectivity index (χ4v) is 5.99. The van der Waals surface area contributed by atoms with E-state index < -0.39 is 5.60 Å². The van der Waals surface area contributed by atoms with E-state index in [1.165, 1.54) is 0 Å². The van der Waals surface area contributed by atoms with Crippen LogP contribution < -0.4 is 11.5 Å². The number of carbonyl (C=O) groups is 1. The van der Waals surface area contributed by atoms with Gasteiger partial charge in [-0.15, -0.1) is 0 Å². The third kappa shape index (κ3) is 3.64. The molecule has 4 aliphatic rings. The Morgan fingerprint density at radius 2 is 1.90 bits per heavy atom. The van der Waals surface area contributed by atoms with Gasteiger partial charge in [0.2, 0.25) is 5.91 Å². The summed E-state index contributed by atoms with van der Waals surface area (Å²) in [5.74, 6) is 1.50. The molecule has 0 aliphatic heterocycles. The van der Waals surface area contributed by atoms with Crippen LogP contribution in [0.15, 0.2) is 35.3 Å². The molecule has 0 spiro atoms. The first-order valence-corrected chi connectivity index (χ1v) is 10.5. The molecule has 3 unspecified atom stereocenters. The predicted octanol–water partition coefficient (Wildman–Crippen LogP) is 2.91. The van der Waals surface area contributed by atoms with Crippen LogP contribution in [0.2, 0.25) is 0 Å². The molecule has 0 radical (unpaired) electrons. The van der Waals surface area contributed by atoms with Gasteiger partial charge in [0.25, 0.3) is 0 Å². The number of rotatable bonds is 7. The molecule has 3 atom stereocenters. The Labute approximate surface area is 172 Å². The lowest BCUT2D eigenvalue weighted by Gasteiger charge is -2.57. The summed E-state index contributed by atoms with van der Waals surface area (Å²) in [5, 5.41) is 9.36. The Bertz CT molecular complexity index is 830. The van der Waals surface area contributed by atoms with Gasteiger partial charge in [0, 0.05) is 5.41 Å². The van der Waals surface area contributed by atoms with Crippen LogP contribution in [0.3, 0.4) is 0 Å². The second-order valence-electron chi connectivity index (χ2n) is 9.46. The number of aliphatic imine (C=N–C) groups is 1. The maximum Gasteiger partial charge on any atom is 0.223 e. The van der Waals surface area contributed by atoms with Crippen molar-refractivity contribution in [3.05, 3.63) is 35.9 Å². The van der Waals surface area contributed by atoms with Gasteiger partial charge in [-0.25, -0.2) is 0 Å². The van der Waals surface area contributed by atoms with E-state index in [0.717, 1.165) is 37.7 Å². The Balaban J connectivity index is 1.53. The molecule has 5 rings (SSSR count). The van der Waals surface area contributed by atoms with E-state index >= 15 is 0 Å². The number of nitrogens with zero attached hydrogens (tertiary/aromatic N) is 2. The molecule has 6 nitrogen and oxygen atoms in total. The maximum atomic E-state index is 12.2. The van der Waals surface area contributed by atoms with Crippen LogP contribution in [0, 0.1) is 34.5 Å². The molecule has 0 saturated heterocycles. The van der Waals surface area contributed by atoms with E-state index in [4.69, 9.17) is 21.2 Å². The molecule has 0 aromatic heterocycles. The lowest BCUT2D eigenvalue weighted by molar-refractivity contribution is -0.144. The standard InChI is InChI=1S/C23H30N4O2/c1-22(7-8-24,29-14-15-5-3-2-4-6-15)20(25)27-19-17-9-16-10-18(19)13-23(11-16,12-17)21(26)28/h2-6,16-19H,7,9-14H2,1H3,(H2,25,27)(H2,26,28). The normalized spacial score (nSPS) is 35.1. The minimum atomic E-state index is -0.930. The van der Waals surface area contributed by atoms with Crippen LogP contribution >= 0.6 is 0 Å². The van der Waals surface area contributed by atoms with Gasteiger partial charge in [-0.2, -0.15) is 5.26 Å². The number of nitriles is 1. The van der Waals surface area contributed by atoms with Crippen molar-refractivity contribution in [3.8, 4) is 6.07 Å². The summed E-state index contributed by atoms with van der Waals surface area (Å²) in [4.78, 5) is 17.1. The van der Waals surface area contributed by atoms with Gasteiger partial charge in [0.05, 0.1) is 25.1 Å². The van der Waals surface area contributed by atoms with Gasteiger partial charge >= 0.3 is 0 Å². The van der Waals surface area contributed by atoms with E-state index in [9.17, 15) is 10.1 Å². The minimum Gasteiger partial charge on any atom is -0.385 e. The van der Waals surface area contributed by atoms with Crippen molar-refractivity contribution >= 4 is 11.7 Å². The molecule has 4 N–H and O–H groups in total. The average molecular weight is 395 g/mol. The molecule has 6 heteroatoms. The first-order valence-electron chi connectivity index (χ1n) is 10.5. The summed E-state index contributed by atoms with van der Waals surface area (Å²) >= 11 is 0. The second kappa shape index (κ2) is 7.46. The van der Waals surface area contributed by atoms with E-state index in [-0.39, 0.29) is 23.8 Å². The molecule has 4 saturated carbocycles. The van der Waals surface area contributed by atoms with Gasteiger partial charge in [-0.05, 0) is 62.3 Å². The largest absolute Gasteiger partial charge is 0.385 e. The number of amides is 1. The van der Waals surface area contributed by atoms with Crippen LogP contribution in [0.1, 0.15) is 51.0 Å². The van der Waals surface area contributed by atoms with Crippen molar-refractivity contribution in [2.45, 2.75) is 63.7 Å². The SMILES string of the molecule is CC(CC#N)(OCc1ccccc1)C(N)=NC1C2CC3CC1CC(C(N)=O)(C3)C2. The lowest BCUT2D eigenvalue weighted by Crippen LogP contribution is -2.58. The zero-order chi connectivity index (χ0) is 20.6. The molecular formula is C23H30N4O2. The smallest absolute Gasteiger partial charge is 0.223 e. The number of carbonyl (C=O) groups excluding carboxylic acids is 1. The number of primary amides is 1. The Kier molecular flexibility index (Phi) is 5.12. The summed E-state index contributed by atoms with van der Waals surface area (Å²) in [6.07, 6.45) is 4.89. The second-order valence-corrected chi connectivity index (χ2v) is 9.46. The number of hydrogen-bond donors (Lipinski definition) is 2. The molecule has 4 aliphatic carbocycles. The number of nitrogens with two attached hydrogens (primary N) is 2. The number of amidine groups is 1. The zero-order valence-electron chi connectivity index (χ0n) is 17.0. The predicted molar refractivity (Wildman–Crippen MR) is 110 cm³/mol. The van der Waals surface area contributed by atoms with E-state index in [0.29, 0.717) is 30.2 Å². The first kappa shape index (κ1) is 19.9. The molecule has 154 valence electrons. The highest BCUT2D eigenvalue weighted by Gasteiger charge is 2.58. The zero-order valence-corrected chi connectivity index (χ0v) is 17.0.